The number of nitrogens with one attached hydrogen (secondary N) is 1. The van der Waals surface area contributed by atoms with E-state index in [-0.39, 0.29) is 0 Å². The molecule has 0 radical (unpaired) electrons. The normalized spacial score (nSPS) is 21.2. The van der Waals surface area contributed by atoms with Gasteiger partial charge in [0, 0.05) is 18.7 Å². The molecule has 0 amide bonds. The Morgan fingerprint density at radius 1 is 1.53 bits per heavy atom. The Kier molecular flexibility index (Phi) is 4.63. The quantitative estimate of drug-likeness (QED) is 0.823. The third kappa shape index (κ3) is 3.33. The molecule has 1 unspecified atom stereocenters. The molecular weight excluding hydrogens is 212 g/mol. The van der Waals surface area contributed by atoms with Gasteiger partial charge in [-0.25, -0.2) is 0 Å². The van der Waals surface area contributed by atoms with Gasteiger partial charge >= 0.3 is 0 Å². The fourth-order valence-corrected chi connectivity index (χ4v) is 2.76. The number of hydrogen-bond donors (Lipinski definition) is 1. The molecule has 1 aromatic rings. The summed E-state index contributed by atoms with van der Waals surface area (Å²) in [6.45, 7) is 6.63. The highest BCUT2D eigenvalue weighted by atomic mass is 16.3. The van der Waals surface area contributed by atoms with E-state index >= 15 is 0 Å². The first-order valence-electron chi connectivity index (χ1n) is 6.75. The van der Waals surface area contributed by atoms with E-state index in [0.29, 0.717) is 0 Å². The monoisotopic (exact) mass is 236 g/mol. The molecule has 3 heteroatoms. The van der Waals surface area contributed by atoms with Gasteiger partial charge in [-0.05, 0) is 38.4 Å². The summed E-state index contributed by atoms with van der Waals surface area (Å²) >= 11 is 0. The Labute approximate surface area is 104 Å². The largest absolute Gasteiger partial charge is 0.468 e. The molecular formula is C14H24N2O. The number of nitrogens with zero attached hydrogens (tertiary/aromatic N) is 1. The molecule has 17 heavy (non-hydrogen) atoms. The molecule has 1 saturated heterocycles. The van der Waals surface area contributed by atoms with Crippen LogP contribution in [0.4, 0.5) is 0 Å². The van der Waals surface area contributed by atoms with Crippen LogP contribution >= 0.6 is 0 Å². The maximum Gasteiger partial charge on any atom is 0.122 e. The summed E-state index contributed by atoms with van der Waals surface area (Å²) < 4.78 is 5.59. The molecule has 1 N–H and O–H groups in total. The molecule has 0 spiro atoms. The Hall–Kier alpha value is -0.800. The fraction of sp³-hybridized carbons (Fsp3) is 0.714. The smallest absolute Gasteiger partial charge is 0.122 e. The van der Waals surface area contributed by atoms with Crippen LogP contribution in [0.25, 0.3) is 0 Å². The molecule has 3 nitrogen and oxygen atoms in total. The molecule has 0 saturated carbocycles. The van der Waals surface area contributed by atoms with Crippen LogP contribution in [-0.2, 0) is 13.1 Å². The van der Waals surface area contributed by atoms with E-state index in [2.05, 4.69) is 23.2 Å². The molecule has 2 heterocycles. The van der Waals surface area contributed by atoms with Gasteiger partial charge < -0.3 is 9.73 Å². The lowest BCUT2D eigenvalue weighted by Crippen LogP contribution is -2.21. The van der Waals surface area contributed by atoms with Crippen molar-refractivity contribution in [3.8, 4) is 0 Å². The first-order chi connectivity index (χ1) is 8.33. The third-order valence-electron chi connectivity index (χ3n) is 3.64. The molecule has 1 aliphatic heterocycles. The van der Waals surface area contributed by atoms with Crippen LogP contribution in [0.5, 0.6) is 0 Å². The summed E-state index contributed by atoms with van der Waals surface area (Å²) in [4.78, 5) is 2.53. The van der Waals surface area contributed by atoms with Crippen molar-refractivity contribution < 1.29 is 4.42 Å². The maximum atomic E-state index is 5.59. The van der Waals surface area contributed by atoms with Crippen molar-refractivity contribution in [1.29, 1.82) is 0 Å². The summed E-state index contributed by atoms with van der Waals surface area (Å²) in [5.41, 5.74) is 1.30. The fourth-order valence-electron chi connectivity index (χ4n) is 2.76. The SMILES string of the molecule is CCCC1CCN(Cc2occc2CNC)C1. The van der Waals surface area contributed by atoms with Crippen LogP contribution in [0, 0.1) is 5.92 Å². The molecule has 2 rings (SSSR count). The van der Waals surface area contributed by atoms with Gasteiger partial charge in [-0.1, -0.05) is 13.3 Å². The van der Waals surface area contributed by atoms with Crippen molar-refractivity contribution in [3.63, 3.8) is 0 Å². The van der Waals surface area contributed by atoms with E-state index in [1.54, 1.807) is 0 Å². The predicted octanol–water partition coefficient (Wildman–Crippen LogP) is 2.62. The molecule has 0 aromatic carbocycles. The third-order valence-corrected chi connectivity index (χ3v) is 3.64. The molecule has 96 valence electrons. The topological polar surface area (TPSA) is 28.4 Å². The lowest BCUT2D eigenvalue weighted by Gasteiger charge is -2.15. The van der Waals surface area contributed by atoms with Crippen molar-refractivity contribution in [1.82, 2.24) is 10.2 Å². The van der Waals surface area contributed by atoms with Gasteiger partial charge in [0.2, 0.25) is 0 Å². The molecule has 1 aromatic heterocycles. The van der Waals surface area contributed by atoms with Gasteiger partial charge in [-0.2, -0.15) is 0 Å². The minimum Gasteiger partial charge on any atom is -0.468 e. The summed E-state index contributed by atoms with van der Waals surface area (Å²) in [5, 5.41) is 3.19. The molecule has 1 aliphatic rings. The van der Waals surface area contributed by atoms with Gasteiger partial charge in [0.25, 0.3) is 0 Å². The summed E-state index contributed by atoms with van der Waals surface area (Å²) in [5.74, 6) is 2.04. The van der Waals surface area contributed by atoms with Crippen LogP contribution in [0.2, 0.25) is 0 Å². The highest BCUT2D eigenvalue weighted by Crippen LogP contribution is 2.23. The van der Waals surface area contributed by atoms with Crippen molar-refractivity contribution in [2.75, 3.05) is 20.1 Å². The lowest BCUT2D eigenvalue weighted by molar-refractivity contribution is 0.282. The maximum absolute atomic E-state index is 5.59. The molecule has 1 fully saturated rings. The van der Waals surface area contributed by atoms with Crippen molar-refractivity contribution in [2.24, 2.45) is 5.92 Å². The molecule has 1 atom stereocenters. The Morgan fingerprint density at radius 2 is 2.41 bits per heavy atom. The second-order valence-electron chi connectivity index (χ2n) is 5.08. The van der Waals surface area contributed by atoms with E-state index in [1.165, 1.54) is 37.9 Å². The zero-order chi connectivity index (χ0) is 12.1. The van der Waals surface area contributed by atoms with E-state index in [1.807, 2.05) is 13.3 Å². The minimum atomic E-state index is 0.901. The second kappa shape index (κ2) is 6.22. The summed E-state index contributed by atoms with van der Waals surface area (Å²) in [7, 11) is 1.98. The lowest BCUT2D eigenvalue weighted by atomic mass is 10.0. The van der Waals surface area contributed by atoms with Crippen molar-refractivity contribution in [2.45, 2.75) is 39.3 Å². The summed E-state index contributed by atoms with van der Waals surface area (Å²) in [6.07, 6.45) is 5.85. The van der Waals surface area contributed by atoms with Gasteiger partial charge in [0.05, 0.1) is 12.8 Å². The van der Waals surface area contributed by atoms with Crippen LogP contribution in [-0.4, -0.2) is 25.0 Å². The highest BCUT2D eigenvalue weighted by molar-refractivity contribution is 5.16. The number of hydrogen-bond acceptors (Lipinski definition) is 3. The second-order valence-corrected chi connectivity index (χ2v) is 5.08. The average molecular weight is 236 g/mol. The Bertz CT molecular complexity index is 335. The standard InChI is InChI=1S/C14H24N2O/c1-3-4-12-5-7-16(10-12)11-14-13(9-15-2)6-8-17-14/h6,8,12,15H,3-5,7,9-11H2,1-2H3. The first kappa shape index (κ1) is 12.7. The Morgan fingerprint density at radius 3 is 3.18 bits per heavy atom. The number of rotatable bonds is 6. The zero-order valence-electron chi connectivity index (χ0n) is 11.0. The van der Waals surface area contributed by atoms with Crippen LogP contribution < -0.4 is 5.32 Å². The van der Waals surface area contributed by atoms with E-state index in [0.717, 1.165) is 24.8 Å². The van der Waals surface area contributed by atoms with Gasteiger partial charge in [0.1, 0.15) is 5.76 Å². The van der Waals surface area contributed by atoms with Crippen molar-refractivity contribution >= 4 is 0 Å². The highest BCUT2D eigenvalue weighted by Gasteiger charge is 2.23. The zero-order valence-corrected chi connectivity index (χ0v) is 11.0. The first-order valence-corrected chi connectivity index (χ1v) is 6.75. The molecule has 0 bridgehead atoms. The van der Waals surface area contributed by atoms with Crippen LogP contribution in [0.3, 0.4) is 0 Å². The van der Waals surface area contributed by atoms with E-state index in [4.69, 9.17) is 4.42 Å². The van der Waals surface area contributed by atoms with Crippen LogP contribution in [0.15, 0.2) is 16.7 Å². The summed E-state index contributed by atoms with van der Waals surface area (Å²) in [6, 6.07) is 2.07. The van der Waals surface area contributed by atoms with Crippen LogP contribution in [0.1, 0.15) is 37.5 Å². The van der Waals surface area contributed by atoms with Gasteiger partial charge in [-0.3, -0.25) is 4.90 Å². The van der Waals surface area contributed by atoms with Crippen molar-refractivity contribution in [3.05, 3.63) is 23.7 Å². The molecule has 0 aliphatic carbocycles. The predicted molar refractivity (Wildman–Crippen MR) is 69.8 cm³/mol. The van der Waals surface area contributed by atoms with Gasteiger partial charge in [0.15, 0.2) is 0 Å². The Balaban J connectivity index is 1.86. The van der Waals surface area contributed by atoms with E-state index in [9.17, 15) is 0 Å². The van der Waals surface area contributed by atoms with E-state index < -0.39 is 0 Å². The van der Waals surface area contributed by atoms with Gasteiger partial charge in [-0.15, -0.1) is 0 Å². The minimum absolute atomic E-state index is 0.901. The average Bonchev–Trinajstić information content (AvgIpc) is 2.91. The number of furan rings is 1. The number of likely N-dealkylation sites (tertiary alicyclic amines) is 1.